The van der Waals surface area contributed by atoms with Crippen molar-refractivity contribution in [3.8, 4) is 0 Å². The third-order valence-electron chi connectivity index (χ3n) is 3.06. The molecule has 0 aliphatic carbocycles. The number of rotatable bonds is 2. The maximum atomic E-state index is 12.1. The molecule has 1 aliphatic heterocycles. The van der Waals surface area contributed by atoms with Crippen molar-refractivity contribution in [2.45, 2.75) is 33.2 Å². The first-order chi connectivity index (χ1) is 8.49. The maximum absolute atomic E-state index is 12.1. The minimum atomic E-state index is -0.264. The van der Waals surface area contributed by atoms with E-state index in [1.807, 2.05) is 39.0 Å². The predicted molar refractivity (Wildman–Crippen MR) is 72.7 cm³/mol. The van der Waals surface area contributed by atoms with E-state index in [2.05, 4.69) is 0 Å². The third kappa shape index (κ3) is 2.42. The number of hydrogen-bond acceptors (Lipinski definition) is 3. The average Bonchev–Trinajstić information content (AvgIpc) is 2.61. The molecular formula is C14H20N2O2. The first-order valence-corrected chi connectivity index (χ1v) is 6.33. The average molecular weight is 248 g/mol. The fraction of sp³-hybridized carbons (Fsp3) is 0.500. The summed E-state index contributed by atoms with van der Waals surface area (Å²) in [6.07, 6.45) is 0.566. The Balaban J connectivity index is 2.17. The van der Waals surface area contributed by atoms with Crippen LogP contribution in [-0.2, 0) is 11.2 Å². The number of carbonyl (C=O) groups is 1. The van der Waals surface area contributed by atoms with Crippen LogP contribution in [-0.4, -0.2) is 18.7 Å². The summed E-state index contributed by atoms with van der Waals surface area (Å²) < 4.78 is 5.30. The van der Waals surface area contributed by atoms with E-state index >= 15 is 0 Å². The van der Waals surface area contributed by atoms with E-state index in [4.69, 9.17) is 10.5 Å². The van der Waals surface area contributed by atoms with Gasteiger partial charge in [0.1, 0.15) is 0 Å². The molecule has 0 saturated carbocycles. The molecule has 0 bridgehead atoms. The summed E-state index contributed by atoms with van der Waals surface area (Å²) in [5, 5.41) is 0. The molecule has 0 fully saturated rings. The Labute approximate surface area is 108 Å². The van der Waals surface area contributed by atoms with Crippen molar-refractivity contribution in [2.24, 2.45) is 5.92 Å². The lowest BCUT2D eigenvalue weighted by atomic mass is 10.1. The molecule has 2 N–H and O–H groups in total. The molecule has 1 aromatic rings. The number of amides is 1. The number of nitrogen functional groups attached to an aromatic ring is 1. The van der Waals surface area contributed by atoms with E-state index in [0.29, 0.717) is 12.5 Å². The number of carbonyl (C=O) groups excluding carboxylic acids is 1. The number of fused-ring (bicyclic) bond motifs is 1. The summed E-state index contributed by atoms with van der Waals surface area (Å²) in [5.74, 6) is 0.345. The van der Waals surface area contributed by atoms with Gasteiger partial charge in [-0.3, -0.25) is 4.90 Å². The zero-order valence-electron chi connectivity index (χ0n) is 11.1. The second-order valence-corrected chi connectivity index (χ2v) is 5.28. The van der Waals surface area contributed by atoms with Gasteiger partial charge in [0.15, 0.2) is 0 Å². The number of nitrogens with zero attached hydrogens (tertiary/aromatic N) is 1. The van der Waals surface area contributed by atoms with Crippen LogP contribution in [0.1, 0.15) is 26.3 Å². The fourth-order valence-corrected chi connectivity index (χ4v) is 2.24. The van der Waals surface area contributed by atoms with Crippen molar-refractivity contribution >= 4 is 17.5 Å². The van der Waals surface area contributed by atoms with Crippen LogP contribution in [0.15, 0.2) is 18.2 Å². The highest BCUT2D eigenvalue weighted by Gasteiger charge is 2.32. The van der Waals surface area contributed by atoms with Crippen LogP contribution in [0.4, 0.5) is 16.2 Å². The molecule has 1 heterocycles. The minimum absolute atomic E-state index is 0.126. The lowest BCUT2D eigenvalue weighted by molar-refractivity contribution is 0.139. The predicted octanol–water partition coefficient (Wildman–Crippen LogP) is 2.81. The molecule has 0 aromatic heterocycles. The van der Waals surface area contributed by atoms with Gasteiger partial charge in [-0.25, -0.2) is 4.79 Å². The van der Waals surface area contributed by atoms with Crippen molar-refractivity contribution < 1.29 is 9.53 Å². The Morgan fingerprint density at radius 1 is 1.56 bits per heavy atom. The first-order valence-electron chi connectivity index (χ1n) is 6.33. The van der Waals surface area contributed by atoms with Crippen molar-refractivity contribution in [1.29, 1.82) is 0 Å². The van der Waals surface area contributed by atoms with Crippen LogP contribution in [0.2, 0.25) is 0 Å². The van der Waals surface area contributed by atoms with Gasteiger partial charge in [-0.05, 0) is 43.0 Å². The summed E-state index contributed by atoms with van der Waals surface area (Å²) >= 11 is 0. The minimum Gasteiger partial charge on any atom is -0.449 e. The molecule has 0 spiro atoms. The zero-order valence-corrected chi connectivity index (χ0v) is 11.1. The highest BCUT2D eigenvalue weighted by Crippen LogP contribution is 2.33. The number of nitrogens with two attached hydrogens (primary N) is 1. The van der Waals surface area contributed by atoms with E-state index < -0.39 is 0 Å². The van der Waals surface area contributed by atoms with Crippen LogP contribution in [0.25, 0.3) is 0 Å². The molecular weight excluding hydrogens is 228 g/mol. The van der Waals surface area contributed by atoms with Gasteiger partial charge in [0.05, 0.1) is 12.3 Å². The number of benzene rings is 1. The van der Waals surface area contributed by atoms with E-state index in [9.17, 15) is 4.79 Å². The van der Waals surface area contributed by atoms with Crippen LogP contribution >= 0.6 is 0 Å². The van der Waals surface area contributed by atoms with Gasteiger partial charge in [0, 0.05) is 11.7 Å². The monoisotopic (exact) mass is 248 g/mol. The molecule has 1 aromatic carbocycles. The molecule has 4 heteroatoms. The second kappa shape index (κ2) is 4.88. The normalized spacial score (nSPS) is 18.0. The molecule has 18 heavy (non-hydrogen) atoms. The van der Waals surface area contributed by atoms with Gasteiger partial charge in [-0.15, -0.1) is 0 Å². The summed E-state index contributed by atoms with van der Waals surface area (Å²) in [6, 6.07) is 5.77. The van der Waals surface area contributed by atoms with Gasteiger partial charge >= 0.3 is 6.09 Å². The zero-order chi connectivity index (χ0) is 13.3. The fourth-order valence-electron chi connectivity index (χ4n) is 2.24. The van der Waals surface area contributed by atoms with E-state index in [1.165, 1.54) is 0 Å². The highest BCUT2D eigenvalue weighted by molar-refractivity contribution is 5.91. The van der Waals surface area contributed by atoms with Gasteiger partial charge in [0.2, 0.25) is 0 Å². The van der Waals surface area contributed by atoms with E-state index in [-0.39, 0.29) is 12.1 Å². The SMILES string of the molecule is CC(C)COC(=O)N1c2ccc(N)cc2CC1C. The summed E-state index contributed by atoms with van der Waals surface area (Å²) in [5.41, 5.74) is 8.53. The quantitative estimate of drug-likeness (QED) is 0.819. The van der Waals surface area contributed by atoms with E-state index in [0.717, 1.165) is 23.4 Å². The van der Waals surface area contributed by atoms with Crippen LogP contribution in [0.3, 0.4) is 0 Å². The first kappa shape index (κ1) is 12.7. The topological polar surface area (TPSA) is 55.6 Å². The summed E-state index contributed by atoms with van der Waals surface area (Å²) in [7, 11) is 0. The Morgan fingerprint density at radius 3 is 2.94 bits per heavy atom. The summed E-state index contributed by atoms with van der Waals surface area (Å²) in [6.45, 7) is 6.52. The van der Waals surface area contributed by atoms with Crippen LogP contribution < -0.4 is 10.6 Å². The number of anilines is 2. The van der Waals surface area contributed by atoms with Crippen molar-refractivity contribution in [1.82, 2.24) is 0 Å². The Bertz CT molecular complexity index is 457. The van der Waals surface area contributed by atoms with E-state index in [1.54, 1.807) is 4.90 Å². The van der Waals surface area contributed by atoms with Gasteiger partial charge in [-0.1, -0.05) is 13.8 Å². The number of hydrogen-bond donors (Lipinski definition) is 1. The van der Waals surface area contributed by atoms with Crippen LogP contribution in [0.5, 0.6) is 0 Å². The molecule has 0 saturated heterocycles. The van der Waals surface area contributed by atoms with Gasteiger partial charge in [0.25, 0.3) is 0 Å². The molecule has 0 radical (unpaired) electrons. The molecule has 1 amide bonds. The Hall–Kier alpha value is -1.71. The smallest absolute Gasteiger partial charge is 0.414 e. The molecule has 1 atom stereocenters. The Morgan fingerprint density at radius 2 is 2.28 bits per heavy atom. The van der Waals surface area contributed by atoms with Crippen molar-refractivity contribution in [2.75, 3.05) is 17.2 Å². The largest absolute Gasteiger partial charge is 0.449 e. The van der Waals surface area contributed by atoms with Crippen molar-refractivity contribution in [3.63, 3.8) is 0 Å². The molecule has 1 aliphatic rings. The molecule has 1 unspecified atom stereocenters. The molecule has 4 nitrogen and oxygen atoms in total. The molecule has 98 valence electrons. The van der Waals surface area contributed by atoms with Gasteiger partial charge < -0.3 is 10.5 Å². The molecule has 2 rings (SSSR count). The number of ether oxygens (including phenoxy) is 1. The maximum Gasteiger partial charge on any atom is 0.414 e. The Kier molecular flexibility index (Phi) is 3.45. The summed E-state index contributed by atoms with van der Waals surface area (Å²) in [4.78, 5) is 13.8. The highest BCUT2D eigenvalue weighted by atomic mass is 16.6. The third-order valence-corrected chi connectivity index (χ3v) is 3.06. The van der Waals surface area contributed by atoms with Crippen LogP contribution in [0, 0.1) is 5.92 Å². The lowest BCUT2D eigenvalue weighted by Gasteiger charge is -2.22. The van der Waals surface area contributed by atoms with Crippen molar-refractivity contribution in [3.05, 3.63) is 23.8 Å². The standard InChI is InChI=1S/C14H20N2O2/c1-9(2)8-18-14(17)16-10(3)6-11-7-12(15)4-5-13(11)16/h4-5,7,9-10H,6,8,15H2,1-3H3. The lowest BCUT2D eigenvalue weighted by Crippen LogP contribution is -2.36. The van der Waals surface area contributed by atoms with Gasteiger partial charge in [-0.2, -0.15) is 0 Å². The second-order valence-electron chi connectivity index (χ2n) is 5.28.